The van der Waals surface area contributed by atoms with Gasteiger partial charge >= 0.3 is 218 Å². The van der Waals surface area contributed by atoms with Gasteiger partial charge in [-0.05, 0) is 0 Å². The topological polar surface area (TPSA) is 74.8 Å². The second-order valence-corrected chi connectivity index (χ2v) is 14.4. The van der Waals surface area contributed by atoms with Gasteiger partial charge in [0.1, 0.15) is 0 Å². The predicted molar refractivity (Wildman–Crippen MR) is 139 cm³/mol. The molecule has 0 saturated carbocycles. The molecule has 2 aliphatic rings. The van der Waals surface area contributed by atoms with Crippen molar-refractivity contribution < 1.29 is 19.2 Å². The van der Waals surface area contributed by atoms with Crippen LogP contribution in [0.25, 0.3) is 0 Å². The number of carbonyl (C=O) groups excluding carboxylic acids is 4. The van der Waals surface area contributed by atoms with E-state index in [1.807, 2.05) is 48.5 Å². The van der Waals surface area contributed by atoms with Gasteiger partial charge in [0.25, 0.3) is 0 Å². The second kappa shape index (κ2) is 9.01. The molecular weight excluding hydrogens is 586 g/mol. The Balaban J connectivity index is 1.12. The number of rotatable bonds is 5. The Hall–Kier alpha value is -3.80. The van der Waals surface area contributed by atoms with Crippen molar-refractivity contribution in [3.8, 4) is 0 Å². The fourth-order valence-electron chi connectivity index (χ4n) is 4.25. The standard InChI is InChI=1S/C28H16N2O4Se2/c31-25-21-5-1-2-6-22(21)26(32)29(25)17-9-13-19(14-10-17)35-36-20-15-11-18(12-16-20)30-27(33)23-7-3-4-8-24(23)28(30)34/h1-16H. The van der Waals surface area contributed by atoms with Crippen molar-refractivity contribution in [1.29, 1.82) is 0 Å². The molecule has 0 spiro atoms. The average molecular weight is 602 g/mol. The first-order valence-electron chi connectivity index (χ1n) is 11.0. The zero-order chi connectivity index (χ0) is 24.8. The number of hydrogen-bond acceptors (Lipinski definition) is 4. The Morgan fingerprint density at radius 2 is 0.667 bits per heavy atom. The van der Waals surface area contributed by atoms with E-state index in [0.717, 1.165) is 8.92 Å². The minimum atomic E-state index is -0.295. The van der Waals surface area contributed by atoms with Crippen LogP contribution < -0.4 is 18.7 Å². The van der Waals surface area contributed by atoms with Gasteiger partial charge in [-0.3, -0.25) is 0 Å². The minimum absolute atomic E-state index is 0.185. The molecule has 0 aromatic heterocycles. The summed E-state index contributed by atoms with van der Waals surface area (Å²) in [6.07, 6.45) is 0. The third kappa shape index (κ3) is 3.72. The van der Waals surface area contributed by atoms with E-state index in [2.05, 4.69) is 0 Å². The normalized spacial score (nSPS) is 14.4. The molecule has 6 rings (SSSR count). The van der Waals surface area contributed by atoms with Gasteiger partial charge in [0.05, 0.1) is 0 Å². The zero-order valence-electron chi connectivity index (χ0n) is 18.6. The molecule has 4 amide bonds. The number of carbonyl (C=O) groups is 4. The van der Waals surface area contributed by atoms with Crippen molar-refractivity contribution in [1.82, 2.24) is 0 Å². The van der Waals surface area contributed by atoms with Crippen molar-refractivity contribution >= 4 is 70.2 Å². The fraction of sp³-hybridized carbons (Fsp3) is 0. The van der Waals surface area contributed by atoms with E-state index in [1.165, 1.54) is 9.80 Å². The van der Waals surface area contributed by atoms with Gasteiger partial charge in [-0.2, -0.15) is 0 Å². The average Bonchev–Trinajstić information content (AvgIpc) is 3.33. The summed E-state index contributed by atoms with van der Waals surface area (Å²) in [6.45, 7) is 0. The van der Waals surface area contributed by atoms with E-state index in [-0.39, 0.29) is 49.9 Å². The van der Waals surface area contributed by atoms with E-state index in [9.17, 15) is 19.2 Å². The zero-order valence-corrected chi connectivity index (χ0v) is 22.0. The van der Waals surface area contributed by atoms with E-state index in [1.54, 1.807) is 48.5 Å². The summed E-state index contributed by atoms with van der Waals surface area (Å²) >= 11 is 0.370. The summed E-state index contributed by atoms with van der Waals surface area (Å²) in [5.41, 5.74) is 2.87. The Labute approximate surface area is 217 Å². The summed E-state index contributed by atoms with van der Waals surface area (Å²) in [6, 6.07) is 28.9. The van der Waals surface area contributed by atoms with Crippen molar-refractivity contribution in [3.63, 3.8) is 0 Å². The van der Waals surface area contributed by atoms with Crippen LogP contribution in [0.15, 0.2) is 97.1 Å². The molecule has 4 aromatic carbocycles. The Bertz CT molecular complexity index is 1380. The number of anilines is 2. The second-order valence-electron chi connectivity index (χ2n) is 8.14. The quantitative estimate of drug-likeness (QED) is 0.260. The molecular formula is C28H16N2O4Se2. The number of amides is 4. The van der Waals surface area contributed by atoms with Crippen LogP contribution in [-0.2, 0) is 0 Å². The molecule has 0 aliphatic carbocycles. The first-order valence-corrected chi connectivity index (χ1v) is 17.1. The maximum absolute atomic E-state index is 12.7. The summed E-state index contributed by atoms with van der Waals surface area (Å²) in [5, 5.41) is 0. The molecule has 174 valence electrons. The van der Waals surface area contributed by atoms with E-state index in [4.69, 9.17) is 0 Å². The Morgan fingerprint density at radius 3 is 0.944 bits per heavy atom. The number of hydrogen-bond donors (Lipinski definition) is 0. The molecule has 2 aliphatic heterocycles. The molecule has 0 radical (unpaired) electrons. The maximum atomic E-state index is 12.7. The summed E-state index contributed by atoms with van der Waals surface area (Å²) in [7, 11) is 0. The van der Waals surface area contributed by atoms with Crippen molar-refractivity contribution in [2.24, 2.45) is 0 Å². The van der Waals surface area contributed by atoms with Gasteiger partial charge in [0.15, 0.2) is 0 Å². The van der Waals surface area contributed by atoms with E-state index >= 15 is 0 Å². The third-order valence-corrected chi connectivity index (χ3v) is 13.2. The summed E-state index contributed by atoms with van der Waals surface area (Å²) < 4.78 is 2.32. The first kappa shape index (κ1) is 22.6. The first-order chi connectivity index (χ1) is 17.5. The SMILES string of the molecule is O=C1c2ccccc2C(=O)N1c1ccc([Se][Se]c2ccc(N3C(=O)c4ccccc4C3=O)cc2)cc1. The molecule has 0 atom stereocenters. The van der Waals surface area contributed by atoms with Crippen LogP contribution in [0.1, 0.15) is 41.4 Å². The van der Waals surface area contributed by atoms with Crippen LogP contribution in [0.2, 0.25) is 0 Å². The molecule has 4 aromatic rings. The van der Waals surface area contributed by atoms with Crippen LogP contribution in [-0.4, -0.2) is 49.9 Å². The van der Waals surface area contributed by atoms with Crippen LogP contribution in [0.5, 0.6) is 0 Å². The van der Waals surface area contributed by atoms with Gasteiger partial charge in [-0.25, -0.2) is 0 Å². The van der Waals surface area contributed by atoms with Gasteiger partial charge in [0.2, 0.25) is 0 Å². The molecule has 0 N–H and O–H groups in total. The molecule has 6 nitrogen and oxygen atoms in total. The van der Waals surface area contributed by atoms with Crippen LogP contribution in [0, 0.1) is 0 Å². The molecule has 0 bridgehead atoms. The fourth-order valence-corrected chi connectivity index (χ4v) is 10.2. The predicted octanol–water partition coefficient (Wildman–Crippen LogP) is 2.56. The number of benzene rings is 4. The monoisotopic (exact) mass is 604 g/mol. The van der Waals surface area contributed by atoms with E-state index < -0.39 is 0 Å². The van der Waals surface area contributed by atoms with Crippen LogP contribution in [0.3, 0.4) is 0 Å². The van der Waals surface area contributed by atoms with Gasteiger partial charge in [0, 0.05) is 0 Å². The van der Waals surface area contributed by atoms with Gasteiger partial charge < -0.3 is 0 Å². The molecule has 0 fully saturated rings. The Morgan fingerprint density at radius 1 is 0.389 bits per heavy atom. The van der Waals surface area contributed by atoms with Crippen LogP contribution >= 0.6 is 0 Å². The van der Waals surface area contributed by atoms with Gasteiger partial charge in [-0.15, -0.1) is 0 Å². The molecule has 0 unspecified atom stereocenters. The number of imide groups is 2. The van der Waals surface area contributed by atoms with Crippen LogP contribution in [0.4, 0.5) is 11.4 Å². The third-order valence-electron chi connectivity index (χ3n) is 6.01. The summed E-state index contributed by atoms with van der Waals surface area (Å²) in [5.74, 6) is -1.18. The number of fused-ring (bicyclic) bond motifs is 2. The number of nitrogens with zero attached hydrogens (tertiary/aromatic N) is 2. The van der Waals surface area contributed by atoms with E-state index in [0.29, 0.717) is 33.6 Å². The molecule has 8 heteroatoms. The van der Waals surface area contributed by atoms with Gasteiger partial charge in [-0.1, -0.05) is 0 Å². The molecule has 2 heterocycles. The van der Waals surface area contributed by atoms with Crippen molar-refractivity contribution in [2.75, 3.05) is 9.80 Å². The van der Waals surface area contributed by atoms with Crippen molar-refractivity contribution in [3.05, 3.63) is 119 Å². The molecule has 36 heavy (non-hydrogen) atoms. The summed E-state index contributed by atoms with van der Waals surface area (Å²) in [4.78, 5) is 53.2. The Kier molecular flexibility index (Phi) is 5.67. The molecule has 0 saturated heterocycles. The van der Waals surface area contributed by atoms with Crippen molar-refractivity contribution in [2.45, 2.75) is 0 Å².